The number of aromatic nitrogens is 2. The van der Waals surface area contributed by atoms with Crippen LogP contribution in [0.1, 0.15) is 56.4 Å². The molecule has 1 saturated heterocycles. The lowest BCUT2D eigenvalue weighted by atomic mass is 9.89. The van der Waals surface area contributed by atoms with E-state index < -0.39 is 0 Å². The molecule has 0 radical (unpaired) electrons. The highest BCUT2D eigenvalue weighted by atomic mass is 32.1. The van der Waals surface area contributed by atoms with Crippen LogP contribution in [0.15, 0.2) is 4.79 Å². The number of carbonyl (C=O) groups excluding carboxylic acids is 1. The van der Waals surface area contributed by atoms with Crippen molar-refractivity contribution in [1.29, 1.82) is 0 Å². The number of fused-ring (bicyclic) bond motifs is 3. The Kier molecular flexibility index (Phi) is 6.27. The molecule has 4 rings (SSSR count). The van der Waals surface area contributed by atoms with E-state index in [0.29, 0.717) is 12.5 Å². The Morgan fingerprint density at radius 1 is 1.27 bits per heavy atom. The van der Waals surface area contributed by atoms with Gasteiger partial charge in [-0.3, -0.25) is 19.4 Å². The smallest absolute Gasteiger partial charge is 0.259 e. The van der Waals surface area contributed by atoms with Gasteiger partial charge in [0.05, 0.1) is 18.0 Å². The summed E-state index contributed by atoms with van der Waals surface area (Å²) in [6, 6.07) is 0.217. The second kappa shape index (κ2) is 8.77. The fourth-order valence-electron chi connectivity index (χ4n) is 4.62. The third kappa shape index (κ3) is 4.45. The highest BCUT2D eigenvalue weighted by molar-refractivity contribution is 7.18. The lowest BCUT2D eigenvalue weighted by molar-refractivity contribution is -0.123. The van der Waals surface area contributed by atoms with Gasteiger partial charge in [-0.25, -0.2) is 4.98 Å². The fraction of sp³-hybridized carbons (Fsp3) is 0.682. The van der Waals surface area contributed by atoms with Gasteiger partial charge < -0.3 is 10.3 Å². The van der Waals surface area contributed by atoms with E-state index in [1.54, 1.807) is 11.3 Å². The summed E-state index contributed by atoms with van der Waals surface area (Å²) in [4.78, 5) is 39.6. The quantitative estimate of drug-likeness (QED) is 0.759. The molecular weight excluding hydrogens is 398 g/mol. The molecule has 30 heavy (non-hydrogen) atoms. The first-order chi connectivity index (χ1) is 14.3. The van der Waals surface area contributed by atoms with Crippen LogP contribution in [-0.2, 0) is 17.6 Å². The average Bonchev–Trinajstić information content (AvgIpc) is 3.05. The zero-order valence-corrected chi connectivity index (χ0v) is 19.3. The Balaban J connectivity index is 1.45. The molecule has 2 unspecified atom stereocenters. The third-order valence-electron chi connectivity index (χ3n) is 6.35. The van der Waals surface area contributed by atoms with Crippen molar-refractivity contribution in [2.45, 2.75) is 59.0 Å². The molecule has 7 nitrogen and oxygen atoms in total. The minimum atomic E-state index is 0.0119. The van der Waals surface area contributed by atoms with Gasteiger partial charge in [-0.15, -0.1) is 11.3 Å². The lowest BCUT2D eigenvalue weighted by Gasteiger charge is -2.37. The molecule has 0 bridgehead atoms. The topological polar surface area (TPSA) is 81.3 Å². The summed E-state index contributed by atoms with van der Waals surface area (Å²) in [6.07, 6.45) is 3.20. The zero-order chi connectivity index (χ0) is 21.4. The molecular formula is C22H33N5O2S. The van der Waals surface area contributed by atoms with Gasteiger partial charge in [0, 0.05) is 37.1 Å². The van der Waals surface area contributed by atoms with E-state index in [2.05, 4.69) is 33.9 Å². The molecule has 3 heterocycles. The van der Waals surface area contributed by atoms with Crippen molar-refractivity contribution in [3.63, 3.8) is 0 Å². The molecule has 2 aromatic rings. The van der Waals surface area contributed by atoms with Crippen LogP contribution in [0.5, 0.6) is 0 Å². The predicted octanol–water partition coefficient (Wildman–Crippen LogP) is 2.31. The van der Waals surface area contributed by atoms with Crippen molar-refractivity contribution >= 4 is 27.5 Å². The van der Waals surface area contributed by atoms with Gasteiger partial charge in [-0.05, 0) is 51.5 Å². The number of piperazine rings is 1. The molecule has 1 fully saturated rings. The minimum Gasteiger partial charge on any atom is -0.353 e. The Hall–Kier alpha value is -1.77. The van der Waals surface area contributed by atoms with Gasteiger partial charge in [0.2, 0.25) is 5.91 Å². The molecule has 2 N–H and O–H groups in total. The number of carbonyl (C=O) groups is 1. The highest BCUT2D eigenvalue weighted by Gasteiger charge is 2.27. The first kappa shape index (κ1) is 21.5. The Labute approximate surface area is 181 Å². The van der Waals surface area contributed by atoms with Crippen molar-refractivity contribution < 1.29 is 4.79 Å². The largest absolute Gasteiger partial charge is 0.353 e. The predicted molar refractivity (Wildman–Crippen MR) is 121 cm³/mol. The van der Waals surface area contributed by atoms with E-state index in [-0.39, 0.29) is 23.6 Å². The number of nitrogens with one attached hydrogen (secondary N) is 2. The van der Waals surface area contributed by atoms with E-state index in [4.69, 9.17) is 4.98 Å². The van der Waals surface area contributed by atoms with Gasteiger partial charge >= 0.3 is 0 Å². The number of aryl methyl sites for hydroxylation is 1. The standard InChI is InChI=1S/C22H33N5O2S/c1-13(2)23-18(28)12-26-7-9-27(10-8-26)15(4)20-24-21(29)19-16-6-5-14(3)11-17(16)30-22(19)25-20/h13-15H,5-12H2,1-4H3,(H,23,28)(H,24,25,29). The molecule has 2 atom stereocenters. The number of nitrogens with zero attached hydrogens (tertiary/aromatic N) is 3. The number of amides is 1. The number of hydrogen-bond acceptors (Lipinski definition) is 6. The van der Waals surface area contributed by atoms with Crippen molar-refractivity contribution in [2.75, 3.05) is 32.7 Å². The maximum Gasteiger partial charge on any atom is 0.259 e. The van der Waals surface area contributed by atoms with Crippen molar-refractivity contribution in [1.82, 2.24) is 25.1 Å². The minimum absolute atomic E-state index is 0.0119. The van der Waals surface area contributed by atoms with Crippen LogP contribution in [0.2, 0.25) is 0 Å². The van der Waals surface area contributed by atoms with E-state index >= 15 is 0 Å². The fourth-order valence-corrected chi connectivity index (χ4v) is 6.01. The molecule has 164 valence electrons. The summed E-state index contributed by atoms with van der Waals surface area (Å²) in [5, 5.41) is 3.77. The van der Waals surface area contributed by atoms with Gasteiger partial charge in [0.15, 0.2) is 0 Å². The van der Waals surface area contributed by atoms with Gasteiger partial charge in [-0.2, -0.15) is 0 Å². The lowest BCUT2D eigenvalue weighted by Crippen LogP contribution is -2.50. The second-order valence-electron chi connectivity index (χ2n) is 9.19. The molecule has 0 spiro atoms. The first-order valence-corrected chi connectivity index (χ1v) is 11.9. The average molecular weight is 432 g/mol. The number of hydrogen-bond donors (Lipinski definition) is 2. The molecule has 2 aromatic heterocycles. The maximum atomic E-state index is 12.9. The number of rotatable bonds is 5. The highest BCUT2D eigenvalue weighted by Crippen LogP contribution is 2.36. The SMILES string of the molecule is CC1CCc2c(sc3nc(C(C)N4CCN(CC(=O)NC(C)C)CC4)[nH]c(=O)c23)C1. The van der Waals surface area contributed by atoms with Crippen molar-refractivity contribution in [2.24, 2.45) is 5.92 Å². The summed E-state index contributed by atoms with van der Waals surface area (Å²) in [6.45, 7) is 12.2. The van der Waals surface area contributed by atoms with Crippen LogP contribution in [0.25, 0.3) is 10.2 Å². The van der Waals surface area contributed by atoms with Crippen LogP contribution in [0.3, 0.4) is 0 Å². The molecule has 1 amide bonds. The molecule has 2 aliphatic rings. The van der Waals surface area contributed by atoms with Gasteiger partial charge in [0.25, 0.3) is 5.56 Å². The molecule has 0 aromatic carbocycles. The molecule has 0 saturated carbocycles. The summed E-state index contributed by atoms with van der Waals surface area (Å²) in [5.74, 6) is 1.52. The van der Waals surface area contributed by atoms with Crippen LogP contribution in [-0.4, -0.2) is 64.4 Å². The normalized spacial score (nSPS) is 21.7. The third-order valence-corrected chi connectivity index (χ3v) is 7.50. The Morgan fingerprint density at radius 3 is 2.70 bits per heavy atom. The number of aromatic amines is 1. The second-order valence-corrected chi connectivity index (χ2v) is 10.3. The van der Waals surface area contributed by atoms with E-state index in [9.17, 15) is 9.59 Å². The van der Waals surface area contributed by atoms with E-state index in [1.165, 1.54) is 10.4 Å². The van der Waals surface area contributed by atoms with E-state index in [0.717, 1.165) is 61.5 Å². The van der Waals surface area contributed by atoms with E-state index in [1.807, 2.05) is 13.8 Å². The number of thiophene rings is 1. The van der Waals surface area contributed by atoms with Crippen molar-refractivity contribution in [3.05, 3.63) is 26.6 Å². The number of H-pyrrole nitrogens is 1. The van der Waals surface area contributed by atoms with Crippen LogP contribution >= 0.6 is 11.3 Å². The summed E-state index contributed by atoms with van der Waals surface area (Å²) < 4.78 is 0. The van der Waals surface area contributed by atoms with Gasteiger partial charge in [-0.1, -0.05) is 6.92 Å². The zero-order valence-electron chi connectivity index (χ0n) is 18.5. The van der Waals surface area contributed by atoms with Crippen LogP contribution in [0.4, 0.5) is 0 Å². The van der Waals surface area contributed by atoms with Crippen molar-refractivity contribution in [3.8, 4) is 0 Å². The molecule has 8 heteroatoms. The maximum absolute atomic E-state index is 12.9. The monoisotopic (exact) mass is 431 g/mol. The first-order valence-electron chi connectivity index (χ1n) is 11.1. The summed E-state index contributed by atoms with van der Waals surface area (Å²) in [5.41, 5.74) is 1.24. The molecule has 1 aliphatic carbocycles. The summed E-state index contributed by atoms with van der Waals surface area (Å²) >= 11 is 1.71. The van der Waals surface area contributed by atoms with Gasteiger partial charge in [0.1, 0.15) is 10.7 Å². The molecule has 1 aliphatic heterocycles. The summed E-state index contributed by atoms with van der Waals surface area (Å²) in [7, 11) is 0. The Bertz CT molecular complexity index is 974. The Morgan fingerprint density at radius 2 is 2.00 bits per heavy atom. The van der Waals surface area contributed by atoms with Crippen LogP contribution < -0.4 is 10.9 Å². The van der Waals surface area contributed by atoms with Crippen LogP contribution in [0, 0.1) is 5.92 Å².